The number of carbonyl (C=O) groups excluding carboxylic acids is 2. The summed E-state index contributed by atoms with van der Waals surface area (Å²) >= 11 is 3.34. The minimum absolute atomic E-state index is 0.00745. The van der Waals surface area contributed by atoms with Gasteiger partial charge in [-0.05, 0) is 12.1 Å². The first-order chi connectivity index (χ1) is 8.04. The molecule has 1 unspecified atom stereocenters. The third-order valence-electron chi connectivity index (χ3n) is 2.73. The molecule has 90 valence electrons. The lowest BCUT2D eigenvalue weighted by molar-refractivity contribution is -0.123. The van der Waals surface area contributed by atoms with E-state index in [2.05, 4.69) is 21.2 Å². The van der Waals surface area contributed by atoms with Crippen molar-refractivity contribution in [2.45, 2.75) is 6.04 Å². The highest BCUT2D eigenvalue weighted by Gasteiger charge is 2.35. The summed E-state index contributed by atoms with van der Waals surface area (Å²) in [5, 5.41) is 2.49. The molecule has 0 bridgehead atoms. The first-order valence-electron chi connectivity index (χ1n) is 5.11. The molecule has 2 rings (SSSR count). The second-order valence-corrected chi connectivity index (χ2v) is 4.69. The molecule has 6 heteroatoms. The first kappa shape index (κ1) is 12.1. The summed E-state index contributed by atoms with van der Waals surface area (Å²) < 4.78 is 0.847. The van der Waals surface area contributed by atoms with Crippen LogP contribution in [-0.4, -0.2) is 25.4 Å². The number of amides is 2. The molecular weight excluding hydrogens is 286 g/mol. The van der Waals surface area contributed by atoms with Gasteiger partial charge in [0.2, 0.25) is 11.8 Å². The maximum absolute atomic E-state index is 11.9. The molecule has 1 aliphatic rings. The fraction of sp³-hybridized carbons (Fsp3) is 0.273. The molecular formula is C11H12BrN3O2. The van der Waals surface area contributed by atoms with Gasteiger partial charge in [0.1, 0.15) is 12.6 Å². The zero-order valence-corrected chi connectivity index (χ0v) is 10.8. The maximum atomic E-state index is 11.9. The van der Waals surface area contributed by atoms with E-state index in [0.29, 0.717) is 5.69 Å². The number of nitrogens with two attached hydrogens (primary N) is 1. The monoisotopic (exact) mass is 297 g/mol. The molecule has 3 N–H and O–H groups in total. The van der Waals surface area contributed by atoms with Gasteiger partial charge in [-0.1, -0.05) is 22.0 Å². The van der Waals surface area contributed by atoms with Gasteiger partial charge >= 0.3 is 0 Å². The molecule has 0 radical (unpaired) electrons. The Morgan fingerprint density at radius 3 is 2.94 bits per heavy atom. The van der Waals surface area contributed by atoms with E-state index < -0.39 is 6.04 Å². The summed E-state index contributed by atoms with van der Waals surface area (Å²) in [7, 11) is 1.53. The topological polar surface area (TPSA) is 75.4 Å². The third-order valence-corrected chi connectivity index (χ3v) is 3.22. The summed E-state index contributed by atoms with van der Waals surface area (Å²) in [6.45, 7) is -0.00745. The number of nitrogens with one attached hydrogen (secondary N) is 1. The summed E-state index contributed by atoms with van der Waals surface area (Å²) in [6, 6.07) is 4.74. The minimum Gasteiger partial charge on any atom is -0.358 e. The molecule has 0 saturated carbocycles. The van der Waals surface area contributed by atoms with E-state index in [4.69, 9.17) is 5.73 Å². The smallest absolute Gasteiger partial charge is 0.249 e. The van der Waals surface area contributed by atoms with Crippen LogP contribution in [0.15, 0.2) is 22.7 Å². The molecule has 2 amide bonds. The number of hydrogen-bond acceptors (Lipinski definition) is 3. The Morgan fingerprint density at radius 1 is 1.59 bits per heavy atom. The van der Waals surface area contributed by atoms with E-state index in [-0.39, 0.29) is 18.4 Å². The van der Waals surface area contributed by atoms with E-state index in [1.807, 2.05) is 6.07 Å². The lowest BCUT2D eigenvalue weighted by atomic mass is 10.1. The molecule has 0 aromatic heterocycles. The van der Waals surface area contributed by atoms with E-state index in [9.17, 15) is 9.59 Å². The number of rotatable bonds is 2. The number of hydrogen-bond donors (Lipinski definition) is 2. The number of halogens is 1. The van der Waals surface area contributed by atoms with Crippen molar-refractivity contribution in [1.82, 2.24) is 5.32 Å². The highest BCUT2D eigenvalue weighted by atomic mass is 79.9. The van der Waals surface area contributed by atoms with Crippen molar-refractivity contribution in [3.8, 4) is 0 Å². The van der Waals surface area contributed by atoms with Gasteiger partial charge in [-0.25, -0.2) is 0 Å². The Bertz CT molecular complexity index is 490. The zero-order valence-electron chi connectivity index (χ0n) is 9.24. The van der Waals surface area contributed by atoms with E-state index in [0.717, 1.165) is 10.0 Å². The summed E-state index contributed by atoms with van der Waals surface area (Å²) in [4.78, 5) is 24.7. The van der Waals surface area contributed by atoms with Gasteiger partial charge in [0.05, 0.1) is 5.69 Å². The molecule has 0 spiro atoms. The van der Waals surface area contributed by atoms with Crippen LogP contribution in [0.2, 0.25) is 0 Å². The summed E-state index contributed by atoms with van der Waals surface area (Å²) in [6.07, 6.45) is 0. The predicted octanol–water partition coefficient (Wildman–Crippen LogP) is 0.542. The van der Waals surface area contributed by atoms with E-state index >= 15 is 0 Å². The highest BCUT2D eigenvalue weighted by Crippen LogP contribution is 2.36. The van der Waals surface area contributed by atoms with Gasteiger partial charge in [0, 0.05) is 17.1 Å². The van der Waals surface area contributed by atoms with Gasteiger partial charge in [-0.3, -0.25) is 9.59 Å². The average molecular weight is 298 g/mol. The molecule has 1 atom stereocenters. The summed E-state index contributed by atoms with van der Waals surface area (Å²) in [5.74, 6) is -0.472. The van der Waals surface area contributed by atoms with Gasteiger partial charge in [-0.2, -0.15) is 0 Å². The lowest BCUT2D eigenvalue weighted by Crippen LogP contribution is -2.39. The Hall–Kier alpha value is -1.40. The van der Waals surface area contributed by atoms with E-state index in [1.54, 1.807) is 12.1 Å². The van der Waals surface area contributed by atoms with Crippen LogP contribution in [0.3, 0.4) is 0 Å². The molecule has 0 fully saturated rings. The van der Waals surface area contributed by atoms with Crippen LogP contribution in [0.5, 0.6) is 0 Å². The minimum atomic E-state index is -0.678. The Labute approximate surface area is 107 Å². The van der Waals surface area contributed by atoms with Crippen LogP contribution >= 0.6 is 15.9 Å². The SMILES string of the molecule is CNC(=O)CN1C(=O)C(N)c2ccc(Br)cc21. The van der Waals surface area contributed by atoms with Crippen molar-refractivity contribution in [3.05, 3.63) is 28.2 Å². The fourth-order valence-electron chi connectivity index (χ4n) is 1.82. The Morgan fingerprint density at radius 2 is 2.29 bits per heavy atom. The molecule has 17 heavy (non-hydrogen) atoms. The van der Waals surface area contributed by atoms with Crippen molar-refractivity contribution in [1.29, 1.82) is 0 Å². The van der Waals surface area contributed by atoms with Crippen LogP contribution in [0.1, 0.15) is 11.6 Å². The second-order valence-electron chi connectivity index (χ2n) is 3.78. The second kappa shape index (κ2) is 4.46. The first-order valence-corrected chi connectivity index (χ1v) is 5.91. The van der Waals surface area contributed by atoms with Crippen molar-refractivity contribution in [2.24, 2.45) is 5.73 Å². The van der Waals surface area contributed by atoms with Gasteiger partial charge in [0.15, 0.2) is 0 Å². The van der Waals surface area contributed by atoms with Crippen molar-refractivity contribution in [3.63, 3.8) is 0 Å². The number of fused-ring (bicyclic) bond motifs is 1. The molecule has 1 aromatic rings. The third kappa shape index (κ3) is 2.05. The number of likely N-dealkylation sites (N-methyl/N-ethyl adjacent to an activating group) is 1. The molecule has 1 aliphatic heterocycles. The van der Waals surface area contributed by atoms with Crippen molar-refractivity contribution >= 4 is 33.4 Å². The normalized spacial score (nSPS) is 18.2. The number of nitrogens with zero attached hydrogens (tertiary/aromatic N) is 1. The lowest BCUT2D eigenvalue weighted by Gasteiger charge is -2.16. The largest absolute Gasteiger partial charge is 0.358 e. The van der Waals surface area contributed by atoms with Gasteiger partial charge in [0.25, 0.3) is 0 Å². The van der Waals surface area contributed by atoms with Gasteiger partial charge < -0.3 is 16.0 Å². The van der Waals surface area contributed by atoms with Crippen LogP contribution in [0.25, 0.3) is 0 Å². The quantitative estimate of drug-likeness (QED) is 0.837. The molecule has 1 heterocycles. The number of benzene rings is 1. The fourth-order valence-corrected chi connectivity index (χ4v) is 2.17. The van der Waals surface area contributed by atoms with Crippen LogP contribution in [0, 0.1) is 0 Å². The van der Waals surface area contributed by atoms with Crippen LogP contribution in [0.4, 0.5) is 5.69 Å². The highest BCUT2D eigenvalue weighted by molar-refractivity contribution is 9.10. The van der Waals surface area contributed by atoms with Crippen molar-refractivity contribution < 1.29 is 9.59 Å². The summed E-state index contributed by atoms with van der Waals surface area (Å²) in [5.41, 5.74) is 7.26. The predicted molar refractivity (Wildman–Crippen MR) is 67.5 cm³/mol. The molecule has 1 aromatic carbocycles. The van der Waals surface area contributed by atoms with Gasteiger partial charge in [-0.15, -0.1) is 0 Å². The van der Waals surface area contributed by atoms with Crippen molar-refractivity contribution in [2.75, 3.05) is 18.5 Å². The molecule has 0 aliphatic carbocycles. The van der Waals surface area contributed by atoms with Crippen LogP contribution < -0.4 is 16.0 Å². The average Bonchev–Trinajstić information content (AvgIpc) is 2.54. The standard InChI is InChI=1S/C11H12BrN3O2/c1-14-9(16)5-15-8-4-6(12)2-3-7(8)10(13)11(15)17/h2-4,10H,5,13H2,1H3,(H,14,16). The zero-order chi connectivity index (χ0) is 12.6. The van der Waals surface area contributed by atoms with E-state index in [1.165, 1.54) is 11.9 Å². The Kier molecular flexibility index (Phi) is 3.17. The molecule has 5 nitrogen and oxygen atoms in total. The molecule has 0 saturated heterocycles. The maximum Gasteiger partial charge on any atom is 0.249 e. The number of carbonyl (C=O) groups is 2. The Balaban J connectivity index is 2.39. The number of anilines is 1. The van der Waals surface area contributed by atoms with Crippen LogP contribution in [-0.2, 0) is 9.59 Å².